The van der Waals surface area contributed by atoms with E-state index in [2.05, 4.69) is 10.1 Å². The number of carbonyl (C=O) groups excluding carboxylic acids is 1. The standard InChI is InChI=1S/C26H25F3N4O5/c1-25(2,24(35)36)33-14-17(12-31-33)15-6-8-32-18(13-30-22(32)11-15)16-9-20(37-3)23(21(10-16)38-4)19(34)5-7-26(27,28)29/h6,8-14H,5,7H2,1-4H3,(H,35,36). The molecule has 0 amide bonds. The van der Waals surface area contributed by atoms with Crippen LogP contribution in [0.5, 0.6) is 11.5 Å². The molecule has 0 radical (unpaired) electrons. The fourth-order valence-electron chi connectivity index (χ4n) is 3.96. The molecule has 0 saturated heterocycles. The second-order valence-electron chi connectivity index (χ2n) is 9.12. The third kappa shape index (κ3) is 5.06. The summed E-state index contributed by atoms with van der Waals surface area (Å²) in [7, 11) is 2.65. The molecule has 0 fully saturated rings. The van der Waals surface area contributed by atoms with Gasteiger partial charge in [-0.05, 0) is 43.7 Å². The van der Waals surface area contributed by atoms with E-state index in [0.29, 0.717) is 22.5 Å². The van der Waals surface area contributed by atoms with Gasteiger partial charge in [-0.3, -0.25) is 13.9 Å². The highest BCUT2D eigenvalue weighted by Crippen LogP contribution is 2.37. The van der Waals surface area contributed by atoms with Gasteiger partial charge < -0.3 is 14.6 Å². The molecule has 1 N–H and O–H groups in total. The number of benzene rings is 1. The summed E-state index contributed by atoms with van der Waals surface area (Å²) in [6.45, 7) is 3.10. The molecule has 0 saturated carbocycles. The lowest BCUT2D eigenvalue weighted by Gasteiger charge is -2.19. The third-order valence-electron chi connectivity index (χ3n) is 6.24. The predicted octanol–water partition coefficient (Wildman–Crippen LogP) is 5.23. The number of Topliss-reactive ketones (excluding diaryl/α,β-unsaturated/α-hetero) is 1. The van der Waals surface area contributed by atoms with Crippen LogP contribution in [0.4, 0.5) is 13.2 Å². The van der Waals surface area contributed by atoms with Crippen LogP contribution in [0.1, 0.15) is 37.0 Å². The quantitative estimate of drug-likeness (QED) is 0.295. The van der Waals surface area contributed by atoms with Crippen LogP contribution in [-0.2, 0) is 10.3 Å². The van der Waals surface area contributed by atoms with Crippen LogP contribution in [0, 0.1) is 0 Å². The van der Waals surface area contributed by atoms with Gasteiger partial charge in [-0.25, -0.2) is 9.78 Å². The highest BCUT2D eigenvalue weighted by molar-refractivity contribution is 6.02. The molecule has 12 heteroatoms. The number of alkyl halides is 3. The number of carboxylic acids is 1. The maximum atomic E-state index is 12.7. The van der Waals surface area contributed by atoms with E-state index in [9.17, 15) is 27.9 Å². The Morgan fingerprint density at radius 2 is 1.66 bits per heavy atom. The Morgan fingerprint density at radius 1 is 1.00 bits per heavy atom. The summed E-state index contributed by atoms with van der Waals surface area (Å²) >= 11 is 0. The van der Waals surface area contributed by atoms with Crippen LogP contribution in [0.2, 0.25) is 0 Å². The van der Waals surface area contributed by atoms with Gasteiger partial charge in [-0.1, -0.05) is 0 Å². The van der Waals surface area contributed by atoms with Crippen molar-refractivity contribution >= 4 is 17.4 Å². The normalized spacial score (nSPS) is 12.1. The smallest absolute Gasteiger partial charge is 0.389 e. The summed E-state index contributed by atoms with van der Waals surface area (Å²) in [5.74, 6) is -1.57. The average Bonchev–Trinajstić information content (AvgIpc) is 3.53. The summed E-state index contributed by atoms with van der Waals surface area (Å²) < 4.78 is 51.9. The Bertz CT molecular complexity index is 1500. The fourth-order valence-corrected chi connectivity index (χ4v) is 3.96. The van der Waals surface area contributed by atoms with Crippen molar-refractivity contribution in [3.8, 4) is 33.9 Å². The van der Waals surface area contributed by atoms with E-state index < -0.39 is 36.3 Å². The highest BCUT2D eigenvalue weighted by atomic mass is 19.4. The minimum absolute atomic E-state index is 0.0552. The molecule has 4 aromatic rings. The van der Waals surface area contributed by atoms with Gasteiger partial charge in [0.2, 0.25) is 0 Å². The number of hydrogen-bond donors (Lipinski definition) is 1. The number of aromatic nitrogens is 4. The molecule has 3 heterocycles. The first-order chi connectivity index (χ1) is 17.9. The first-order valence-corrected chi connectivity index (χ1v) is 11.5. The number of pyridine rings is 1. The van der Waals surface area contributed by atoms with Gasteiger partial charge in [0.1, 0.15) is 22.7 Å². The number of rotatable bonds is 9. The first-order valence-electron chi connectivity index (χ1n) is 11.5. The molecule has 1 aromatic carbocycles. The lowest BCUT2D eigenvalue weighted by Crippen LogP contribution is -2.35. The summed E-state index contributed by atoms with van der Waals surface area (Å²) in [4.78, 5) is 28.6. The zero-order valence-electron chi connectivity index (χ0n) is 21.0. The third-order valence-corrected chi connectivity index (χ3v) is 6.24. The van der Waals surface area contributed by atoms with Crippen molar-refractivity contribution < 1.29 is 37.3 Å². The van der Waals surface area contributed by atoms with Gasteiger partial charge >= 0.3 is 12.1 Å². The van der Waals surface area contributed by atoms with Crippen LogP contribution in [0.3, 0.4) is 0 Å². The molecule has 0 aliphatic carbocycles. The number of aliphatic carboxylic acids is 1. The Labute approximate surface area is 215 Å². The zero-order valence-corrected chi connectivity index (χ0v) is 21.0. The van der Waals surface area contributed by atoms with Crippen LogP contribution in [0.15, 0.2) is 49.1 Å². The zero-order chi connectivity index (χ0) is 27.8. The van der Waals surface area contributed by atoms with Gasteiger partial charge in [0.15, 0.2) is 11.3 Å². The maximum Gasteiger partial charge on any atom is 0.389 e. The summed E-state index contributed by atoms with van der Waals surface area (Å²) in [6, 6.07) is 6.73. The second-order valence-corrected chi connectivity index (χ2v) is 9.12. The molecule has 4 rings (SSSR count). The van der Waals surface area contributed by atoms with Gasteiger partial charge in [0.25, 0.3) is 0 Å². The molecule has 0 spiro atoms. The van der Waals surface area contributed by atoms with Gasteiger partial charge in [-0.2, -0.15) is 18.3 Å². The molecule has 0 atom stereocenters. The number of hydrogen-bond acceptors (Lipinski definition) is 6. The van der Waals surface area contributed by atoms with E-state index in [1.807, 2.05) is 12.1 Å². The molecule has 38 heavy (non-hydrogen) atoms. The molecule has 9 nitrogen and oxygen atoms in total. The van der Waals surface area contributed by atoms with Crippen molar-refractivity contribution in [2.24, 2.45) is 0 Å². The SMILES string of the molecule is COc1cc(-c2cnc3cc(-c4cnn(C(C)(C)C(=O)O)c4)ccn23)cc(OC)c1C(=O)CCC(F)(F)F. The largest absolute Gasteiger partial charge is 0.496 e. The monoisotopic (exact) mass is 530 g/mol. The molecular formula is C26H25F3N4O5. The molecule has 3 aromatic heterocycles. The van der Waals surface area contributed by atoms with Crippen molar-refractivity contribution in [2.45, 2.75) is 38.4 Å². The minimum Gasteiger partial charge on any atom is -0.496 e. The summed E-state index contributed by atoms with van der Waals surface area (Å²) in [6.07, 6.45) is 0.162. The number of halogens is 3. The van der Waals surface area contributed by atoms with Crippen LogP contribution in [0.25, 0.3) is 28.0 Å². The lowest BCUT2D eigenvalue weighted by molar-refractivity contribution is -0.146. The van der Waals surface area contributed by atoms with Crippen LogP contribution >= 0.6 is 0 Å². The molecule has 0 unspecified atom stereocenters. The van der Waals surface area contributed by atoms with E-state index in [1.54, 1.807) is 55.2 Å². The number of ether oxygens (including phenoxy) is 2. The molecule has 200 valence electrons. The van der Waals surface area contributed by atoms with Crippen molar-refractivity contribution in [1.82, 2.24) is 19.2 Å². The van der Waals surface area contributed by atoms with E-state index in [1.165, 1.54) is 18.9 Å². The van der Waals surface area contributed by atoms with Crippen molar-refractivity contribution in [3.63, 3.8) is 0 Å². The number of ketones is 1. The van der Waals surface area contributed by atoms with Crippen molar-refractivity contribution in [1.29, 1.82) is 0 Å². The number of carbonyl (C=O) groups is 2. The molecular weight excluding hydrogens is 505 g/mol. The van der Waals surface area contributed by atoms with Crippen LogP contribution in [-0.4, -0.2) is 56.4 Å². The Balaban J connectivity index is 1.70. The Kier molecular flexibility index (Phi) is 6.92. The first kappa shape index (κ1) is 26.7. The van der Waals surface area contributed by atoms with E-state index >= 15 is 0 Å². The highest BCUT2D eigenvalue weighted by Gasteiger charge is 2.31. The Hall–Kier alpha value is -4.35. The lowest BCUT2D eigenvalue weighted by atomic mass is 10.0. The topological polar surface area (TPSA) is 108 Å². The number of fused-ring (bicyclic) bond motifs is 1. The van der Waals surface area contributed by atoms with Gasteiger partial charge in [0, 0.05) is 29.9 Å². The number of carboxylic acid groups (broad SMARTS) is 1. The maximum absolute atomic E-state index is 12.7. The van der Waals surface area contributed by atoms with E-state index in [-0.39, 0.29) is 17.1 Å². The average molecular weight is 531 g/mol. The molecule has 0 aliphatic heterocycles. The second kappa shape index (κ2) is 9.84. The summed E-state index contributed by atoms with van der Waals surface area (Å²) in [5, 5.41) is 13.6. The van der Waals surface area contributed by atoms with Crippen LogP contribution < -0.4 is 9.47 Å². The van der Waals surface area contributed by atoms with E-state index in [4.69, 9.17) is 9.47 Å². The molecule has 0 aliphatic rings. The minimum atomic E-state index is -4.46. The summed E-state index contributed by atoms with van der Waals surface area (Å²) in [5.41, 5.74) is 1.97. The van der Waals surface area contributed by atoms with Gasteiger partial charge in [0.05, 0.1) is 38.7 Å². The van der Waals surface area contributed by atoms with Gasteiger partial charge in [-0.15, -0.1) is 0 Å². The number of methoxy groups -OCH3 is 2. The van der Waals surface area contributed by atoms with Crippen molar-refractivity contribution in [2.75, 3.05) is 14.2 Å². The Morgan fingerprint density at radius 3 is 2.24 bits per heavy atom. The molecule has 0 bridgehead atoms. The predicted molar refractivity (Wildman–Crippen MR) is 132 cm³/mol. The van der Waals surface area contributed by atoms with Crippen molar-refractivity contribution in [3.05, 3.63) is 54.6 Å². The fraction of sp³-hybridized carbons (Fsp3) is 0.308. The number of nitrogens with zero attached hydrogens (tertiary/aromatic N) is 4. The number of imidazole rings is 1. The van der Waals surface area contributed by atoms with E-state index in [0.717, 1.165) is 5.56 Å².